The van der Waals surface area contributed by atoms with Crippen molar-refractivity contribution < 1.29 is 0 Å². The van der Waals surface area contributed by atoms with Crippen LogP contribution in [-0.4, -0.2) is 6.54 Å². The highest BCUT2D eigenvalue weighted by Gasteiger charge is 1.51. The third-order valence-electron chi connectivity index (χ3n) is 0.205. The van der Waals surface area contributed by atoms with Crippen molar-refractivity contribution in [2.45, 2.75) is 6.92 Å². The molecule has 0 fully saturated rings. The smallest absolute Gasteiger partial charge is 0.0229 e. The van der Waals surface area contributed by atoms with E-state index < -0.39 is 0 Å². The Morgan fingerprint density at radius 3 is 2.60 bits per heavy atom. The van der Waals surface area contributed by atoms with Crippen molar-refractivity contribution in [3.8, 4) is 0 Å². The van der Waals surface area contributed by atoms with Crippen LogP contribution in [0.4, 0.5) is 0 Å². The molecule has 0 atom stereocenters. The first-order valence-electron chi connectivity index (χ1n) is 1.42. The van der Waals surface area contributed by atoms with Gasteiger partial charge < -0.3 is 0 Å². The first kappa shape index (κ1) is 4.31. The summed E-state index contributed by atoms with van der Waals surface area (Å²) in [5.74, 6) is 0. The van der Waals surface area contributed by atoms with Crippen LogP contribution < -0.4 is 0 Å². The van der Waals surface area contributed by atoms with Crippen LogP contribution in [0.15, 0.2) is 5.11 Å². The summed E-state index contributed by atoms with van der Waals surface area (Å²) in [6.07, 6.45) is 0. The third kappa shape index (κ3) is 3.31. The van der Waals surface area contributed by atoms with Gasteiger partial charge in [-0.15, -0.1) is 0 Å². The maximum absolute atomic E-state index is 7.52. The third-order valence-corrected chi connectivity index (χ3v) is 0.205. The van der Waals surface area contributed by atoms with E-state index in [-0.39, 0.29) is 0 Å². The van der Waals surface area contributed by atoms with Gasteiger partial charge in [0.2, 0.25) is 0 Å². The van der Waals surface area contributed by atoms with E-state index in [0.29, 0.717) is 6.54 Å². The van der Waals surface area contributed by atoms with Crippen LogP contribution in [0.25, 0.3) is 10.4 Å². The minimum atomic E-state index is 0.552. The molecule has 0 aromatic carbocycles. The van der Waals surface area contributed by atoms with Crippen LogP contribution in [0.1, 0.15) is 6.92 Å². The van der Waals surface area contributed by atoms with Gasteiger partial charge in [-0.1, -0.05) is 12.0 Å². The molecule has 5 heavy (non-hydrogen) atoms. The SMILES string of the molecule is CCN=[N+]=[N-]. The molecule has 0 bridgehead atoms. The average Bonchev–Trinajstić information content (AvgIpc) is 1.41. The number of nitrogens with zero attached hydrogens (tertiary/aromatic N) is 3. The molecule has 0 radical (unpaired) electrons. The largest absolute Gasteiger partial charge is 0.0943 e. The van der Waals surface area contributed by atoms with Gasteiger partial charge in [0.05, 0.1) is 0 Å². The van der Waals surface area contributed by atoms with Gasteiger partial charge in [0.15, 0.2) is 0 Å². The molecule has 0 saturated carbocycles. The number of hydrogen-bond donors (Lipinski definition) is 0. The van der Waals surface area contributed by atoms with Crippen molar-refractivity contribution in [1.82, 2.24) is 0 Å². The molecule has 3 nitrogen and oxygen atoms in total. The van der Waals surface area contributed by atoms with Gasteiger partial charge in [-0.25, -0.2) is 0 Å². The number of azide groups is 1. The predicted octanol–water partition coefficient (Wildman–Crippen LogP) is 1.32. The summed E-state index contributed by atoms with van der Waals surface area (Å²) >= 11 is 0. The van der Waals surface area contributed by atoms with Gasteiger partial charge in [0.1, 0.15) is 0 Å². The second-order valence-corrected chi connectivity index (χ2v) is 0.547. The summed E-state index contributed by atoms with van der Waals surface area (Å²) < 4.78 is 0. The zero-order valence-electron chi connectivity index (χ0n) is 3.05. The van der Waals surface area contributed by atoms with Crippen molar-refractivity contribution in [1.29, 1.82) is 0 Å². The molecular formula is C2H5N3. The highest BCUT2D eigenvalue weighted by Crippen LogP contribution is 1.61. The Labute approximate surface area is 30.2 Å². The van der Waals surface area contributed by atoms with Gasteiger partial charge in [-0.2, -0.15) is 0 Å². The first-order chi connectivity index (χ1) is 2.41. The lowest BCUT2D eigenvalue weighted by molar-refractivity contribution is 1.11. The van der Waals surface area contributed by atoms with Gasteiger partial charge in [-0.3, -0.25) is 0 Å². The average molecular weight is 71.1 g/mol. The van der Waals surface area contributed by atoms with Crippen LogP contribution >= 0.6 is 0 Å². The molecule has 0 aromatic rings. The quantitative estimate of drug-likeness (QED) is 0.254. The first-order valence-corrected chi connectivity index (χ1v) is 1.42. The van der Waals surface area contributed by atoms with Crippen molar-refractivity contribution in [3.63, 3.8) is 0 Å². The highest BCUT2D eigenvalue weighted by atomic mass is 15.1. The van der Waals surface area contributed by atoms with E-state index in [4.69, 9.17) is 5.53 Å². The molecule has 28 valence electrons. The van der Waals surface area contributed by atoms with E-state index in [1.807, 2.05) is 0 Å². The Balaban J connectivity index is 2.93. The molecular weight excluding hydrogens is 66.0 g/mol. The summed E-state index contributed by atoms with van der Waals surface area (Å²) in [4.78, 5) is 2.48. The van der Waals surface area contributed by atoms with Gasteiger partial charge in [0.25, 0.3) is 0 Å². The predicted molar refractivity (Wildman–Crippen MR) is 19.7 cm³/mol. The fraction of sp³-hybridized carbons (Fsp3) is 1.00. The molecule has 0 rings (SSSR count). The Hall–Kier alpha value is -0.690. The molecule has 0 amide bonds. The summed E-state index contributed by atoms with van der Waals surface area (Å²) in [5, 5.41) is 3.15. The zero-order chi connectivity index (χ0) is 4.12. The molecule has 0 aromatic heterocycles. The normalized spacial score (nSPS) is 5.80. The van der Waals surface area contributed by atoms with E-state index in [2.05, 4.69) is 10.0 Å². The Kier molecular flexibility index (Phi) is 2.85. The zero-order valence-corrected chi connectivity index (χ0v) is 3.05. The van der Waals surface area contributed by atoms with Crippen LogP contribution in [0.3, 0.4) is 0 Å². The van der Waals surface area contributed by atoms with Gasteiger partial charge >= 0.3 is 0 Å². The molecule has 0 heterocycles. The fourth-order valence-corrected chi connectivity index (χ4v) is 0.0632. The van der Waals surface area contributed by atoms with Crippen LogP contribution in [0.5, 0.6) is 0 Å². The van der Waals surface area contributed by atoms with Crippen molar-refractivity contribution in [2.24, 2.45) is 5.11 Å². The van der Waals surface area contributed by atoms with E-state index in [0.717, 1.165) is 0 Å². The summed E-state index contributed by atoms with van der Waals surface area (Å²) in [7, 11) is 0. The molecule has 3 heteroatoms. The maximum Gasteiger partial charge on any atom is 0.0229 e. The lowest BCUT2D eigenvalue weighted by atomic mass is 10.8. The monoisotopic (exact) mass is 71.0 g/mol. The van der Waals surface area contributed by atoms with E-state index >= 15 is 0 Å². The Bertz CT molecular complexity index is 51.9. The molecule has 0 saturated heterocycles. The van der Waals surface area contributed by atoms with Gasteiger partial charge in [0, 0.05) is 11.5 Å². The lowest BCUT2D eigenvalue weighted by Gasteiger charge is -1.57. The number of rotatable bonds is 1. The maximum atomic E-state index is 7.52. The van der Waals surface area contributed by atoms with Crippen LogP contribution in [0.2, 0.25) is 0 Å². The molecule has 0 unspecified atom stereocenters. The molecule has 0 aliphatic rings. The minimum absolute atomic E-state index is 0.552. The molecule has 0 aliphatic carbocycles. The van der Waals surface area contributed by atoms with Gasteiger partial charge in [-0.05, 0) is 5.53 Å². The number of hydrogen-bond acceptors (Lipinski definition) is 1. The molecule has 0 spiro atoms. The second-order valence-electron chi connectivity index (χ2n) is 0.547. The summed E-state index contributed by atoms with van der Waals surface area (Å²) in [6.45, 7) is 2.34. The van der Waals surface area contributed by atoms with Crippen molar-refractivity contribution in [2.75, 3.05) is 6.54 Å². The van der Waals surface area contributed by atoms with E-state index in [9.17, 15) is 0 Å². The fourth-order valence-electron chi connectivity index (χ4n) is 0.0632. The summed E-state index contributed by atoms with van der Waals surface area (Å²) in [6, 6.07) is 0. The topological polar surface area (TPSA) is 48.8 Å². The van der Waals surface area contributed by atoms with E-state index in [1.165, 1.54) is 0 Å². The van der Waals surface area contributed by atoms with Crippen molar-refractivity contribution >= 4 is 0 Å². The molecule has 0 aliphatic heterocycles. The summed E-state index contributed by atoms with van der Waals surface area (Å²) in [5.41, 5.74) is 7.52. The highest BCUT2D eigenvalue weighted by molar-refractivity contribution is 4.36. The Morgan fingerprint density at radius 1 is 2.00 bits per heavy atom. The lowest BCUT2D eigenvalue weighted by Crippen LogP contribution is -1.52. The second kappa shape index (κ2) is 3.31. The molecule has 0 N–H and O–H groups in total. The van der Waals surface area contributed by atoms with Crippen LogP contribution in [-0.2, 0) is 0 Å². The minimum Gasteiger partial charge on any atom is -0.0943 e. The van der Waals surface area contributed by atoms with Crippen LogP contribution in [0, 0.1) is 0 Å². The van der Waals surface area contributed by atoms with E-state index in [1.54, 1.807) is 6.92 Å². The van der Waals surface area contributed by atoms with Crippen molar-refractivity contribution in [3.05, 3.63) is 10.4 Å². The Morgan fingerprint density at radius 2 is 2.60 bits per heavy atom. The standard InChI is InChI=1S/C2H5N3/c1-2-4-5-3/h2H2,1H3.